The molecular formula is C19H20ClFN2O. The molecule has 0 N–H and O–H groups in total. The van der Waals surface area contributed by atoms with Crippen LogP contribution in [0.5, 0.6) is 0 Å². The third-order valence-corrected chi connectivity index (χ3v) is 4.81. The second kappa shape index (κ2) is 6.81. The number of benzene rings is 2. The van der Waals surface area contributed by atoms with Crippen LogP contribution in [0, 0.1) is 19.7 Å². The zero-order chi connectivity index (χ0) is 17.3. The number of halogens is 2. The van der Waals surface area contributed by atoms with Crippen molar-refractivity contribution in [1.82, 2.24) is 4.90 Å². The van der Waals surface area contributed by atoms with Gasteiger partial charge < -0.3 is 9.80 Å². The molecule has 0 bridgehead atoms. The molecule has 5 heteroatoms. The van der Waals surface area contributed by atoms with Crippen LogP contribution in [0.15, 0.2) is 36.4 Å². The van der Waals surface area contributed by atoms with Gasteiger partial charge in [0, 0.05) is 31.9 Å². The number of aryl methyl sites for hydroxylation is 2. The largest absolute Gasteiger partial charge is 0.368 e. The quantitative estimate of drug-likeness (QED) is 0.818. The molecule has 0 spiro atoms. The Balaban J connectivity index is 1.75. The minimum atomic E-state index is -0.565. The van der Waals surface area contributed by atoms with Gasteiger partial charge in [-0.15, -0.1) is 0 Å². The van der Waals surface area contributed by atoms with Crippen LogP contribution < -0.4 is 4.90 Å². The SMILES string of the molecule is Cc1cccc(C)c1N1CCN(C(=O)c2c(F)cccc2Cl)CC1. The van der Waals surface area contributed by atoms with E-state index in [1.165, 1.54) is 28.9 Å². The van der Waals surface area contributed by atoms with Gasteiger partial charge in [-0.25, -0.2) is 4.39 Å². The first kappa shape index (κ1) is 16.8. The van der Waals surface area contributed by atoms with Gasteiger partial charge in [-0.05, 0) is 37.1 Å². The normalized spacial score (nSPS) is 14.8. The summed E-state index contributed by atoms with van der Waals surface area (Å²) in [4.78, 5) is 16.6. The third kappa shape index (κ3) is 3.11. The minimum absolute atomic E-state index is 0.0281. The molecule has 2 aromatic rings. The van der Waals surface area contributed by atoms with Gasteiger partial charge in [0.1, 0.15) is 5.82 Å². The van der Waals surface area contributed by atoms with Crippen molar-refractivity contribution in [1.29, 1.82) is 0 Å². The highest BCUT2D eigenvalue weighted by Crippen LogP contribution is 2.27. The number of carbonyl (C=O) groups is 1. The van der Waals surface area contributed by atoms with E-state index in [0.29, 0.717) is 13.1 Å². The first-order valence-corrected chi connectivity index (χ1v) is 8.41. The molecule has 0 aliphatic carbocycles. The molecule has 1 amide bonds. The van der Waals surface area contributed by atoms with Crippen LogP contribution in [0.4, 0.5) is 10.1 Å². The molecule has 0 radical (unpaired) electrons. The van der Waals surface area contributed by atoms with Gasteiger partial charge in [0.05, 0.1) is 10.6 Å². The highest BCUT2D eigenvalue weighted by molar-refractivity contribution is 6.33. The average Bonchev–Trinajstić information content (AvgIpc) is 2.55. The van der Waals surface area contributed by atoms with Gasteiger partial charge in [-0.2, -0.15) is 0 Å². The topological polar surface area (TPSA) is 23.6 Å². The summed E-state index contributed by atoms with van der Waals surface area (Å²) in [6, 6.07) is 10.6. The maximum Gasteiger partial charge on any atom is 0.258 e. The van der Waals surface area contributed by atoms with Crippen molar-refractivity contribution in [2.24, 2.45) is 0 Å². The molecule has 1 fully saturated rings. The number of anilines is 1. The Hall–Kier alpha value is -2.07. The summed E-state index contributed by atoms with van der Waals surface area (Å²) in [5.74, 6) is -0.899. The number of hydrogen-bond donors (Lipinski definition) is 0. The van der Waals surface area contributed by atoms with Crippen molar-refractivity contribution in [2.75, 3.05) is 31.1 Å². The molecule has 1 aliphatic heterocycles. The summed E-state index contributed by atoms with van der Waals surface area (Å²) in [5, 5.41) is 0.164. The molecule has 0 atom stereocenters. The maximum absolute atomic E-state index is 14.0. The van der Waals surface area contributed by atoms with Crippen molar-refractivity contribution in [3.8, 4) is 0 Å². The molecule has 126 valence electrons. The van der Waals surface area contributed by atoms with E-state index in [1.807, 2.05) is 6.07 Å². The fourth-order valence-electron chi connectivity index (χ4n) is 3.30. The Morgan fingerprint density at radius 3 is 2.17 bits per heavy atom. The number of piperazine rings is 1. The Kier molecular flexibility index (Phi) is 4.76. The van der Waals surface area contributed by atoms with E-state index < -0.39 is 5.82 Å². The summed E-state index contributed by atoms with van der Waals surface area (Å²) < 4.78 is 14.0. The van der Waals surface area contributed by atoms with Crippen LogP contribution in [-0.2, 0) is 0 Å². The highest BCUT2D eigenvalue weighted by Gasteiger charge is 2.26. The Labute approximate surface area is 146 Å². The van der Waals surface area contributed by atoms with Crippen LogP contribution >= 0.6 is 11.6 Å². The van der Waals surface area contributed by atoms with Gasteiger partial charge in [0.2, 0.25) is 0 Å². The molecule has 3 nitrogen and oxygen atoms in total. The van der Waals surface area contributed by atoms with Crippen LogP contribution in [-0.4, -0.2) is 37.0 Å². The summed E-state index contributed by atoms with van der Waals surface area (Å²) in [6.07, 6.45) is 0. The maximum atomic E-state index is 14.0. The lowest BCUT2D eigenvalue weighted by molar-refractivity contribution is 0.0742. The Morgan fingerprint density at radius 2 is 1.58 bits per heavy atom. The number of amides is 1. The van der Waals surface area contributed by atoms with Gasteiger partial charge in [0.25, 0.3) is 5.91 Å². The lowest BCUT2D eigenvalue weighted by Gasteiger charge is -2.37. The van der Waals surface area contributed by atoms with E-state index in [0.717, 1.165) is 13.1 Å². The van der Waals surface area contributed by atoms with E-state index in [4.69, 9.17) is 11.6 Å². The van der Waals surface area contributed by atoms with Gasteiger partial charge in [-0.1, -0.05) is 35.9 Å². The number of hydrogen-bond acceptors (Lipinski definition) is 2. The van der Waals surface area contributed by atoms with Crippen molar-refractivity contribution in [3.63, 3.8) is 0 Å². The van der Waals surface area contributed by atoms with E-state index in [9.17, 15) is 9.18 Å². The van der Waals surface area contributed by atoms with Crippen LogP contribution in [0.3, 0.4) is 0 Å². The average molecular weight is 347 g/mol. The predicted molar refractivity (Wildman–Crippen MR) is 95.4 cm³/mol. The fraction of sp³-hybridized carbons (Fsp3) is 0.316. The minimum Gasteiger partial charge on any atom is -0.368 e. The van der Waals surface area contributed by atoms with Crippen molar-refractivity contribution >= 4 is 23.2 Å². The number of rotatable bonds is 2. The molecule has 0 saturated carbocycles. The molecule has 1 aliphatic rings. The molecular weight excluding hydrogens is 327 g/mol. The first-order valence-electron chi connectivity index (χ1n) is 8.03. The molecule has 2 aromatic carbocycles. The van der Waals surface area contributed by atoms with E-state index >= 15 is 0 Å². The summed E-state index contributed by atoms with van der Waals surface area (Å²) in [5.41, 5.74) is 3.66. The molecule has 1 saturated heterocycles. The lowest BCUT2D eigenvalue weighted by Crippen LogP contribution is -2.49. The Bertz CT molecular complexity index is 729. The summed E-state index contributed by atoms with van der Waals surface area (Å²) in [7, 11) is 0. The highest BCUT2D eigenvalue weighted by atomic mass is 35.5. The van der Waals surface area contributed by atoms with Gasteiger partial charge in [0.15, 0.2) is 0 Å². The number of para-hydroxylation sites is 1. The zero-order valence-corrected chi connectivity index (χ0v) is 14.6. The Morgan fingerprint density at radius 1 is 1.00 bits per heavy atom. The van der Waals surface area contributed by atoms with Crippen molar-refractivity contribution in [3.05, 3.63) is 63.9 Å². The van der Waals surface area contributed by atoms with Crippen molar-refractivity contribution < 1.29 is 9.18 Å². The molecule has 24 heavy (non-hydrogen) atoms. The fourth-order valence-corrected chi connectivity index (χ4v) is 3.54. The molecule has 1 heterocycles. The second-order valence-electron chi connectivity index (χ2n) is 6.12. The number of carbonyl (C=O) groups excluding carboxylic acids is 1. The summed E-state index contributed by atoms with van der Waals surface area (Å²) in [6.45, 7) is 6.75. The van der Waals surface area contributed by atoms with Crippen LogP contribution in [0.1, 0.15) is 21.5 Å². The van der Waals surface area contributed by atoms with Crippen LogP contribution in [0.2, 0.25) is 5.02 Å². The monoisotopic (exact) mass is 346 g/mol. The van der Waals surface area contributed by atoms with E-state index in [1.54, 1.807) is 11.0 Å². The molecule has 0 aromatic heterocycles. The van der Waals surface area contributed by atoms with E-state index in [-0.39, 0.29) is 16.5 Å². The molecule has 3 rings (SSSR count). The second-order valence-corrected chi connectivity index (χ2v) is 6.52. The standard InChI is InChI=1S/C19H20ClFN2O/c1-13-5-3-6-14(2)18(13)22-9-11-23(12-10-22)19(24)17-15(20)7-4-8-16(17)21/h3-8H,9-12H2,1-2H3. The smallest absolute Gasteiger partial charge is 0.258 e. The third-order valence-electron chi connectivity index (χ3n) is 4.50. The van der Waals surface area contributed by atoms with E-state index in [2.05, 4.69) is 30.9 Å². The predicted octanol–water partition coefficient (Wildman–Crippen LogP) is 4.06. The summed E-state index contributed by atoms with van der Waals surface area (Å²) >= 11 is 6.01. The van der Waals surface area contributed by atoms with Crippen LogP contribution in [0.25, 0.3) is 0 Å². The number of nitrogens with zero attached hydrogens (tertiary/aromatic N) is 2. The lowest BCUT2D eigenvalue weighted by atomic mass is 10.1. The first-order chi connectivity index (χ1) is 11.5. The van der Waals surface area contributed by atoms with Gasteiger partial charge in [-0.3, -0.25) is 4.79 Å². The molecule has 0 unspecified atom stereocenters. The van der Waals surface area contributed by atoms with Gasteiger partial charge >= 0.3 is 0 Å². The zero-order valence-electron chi connectivity index (χ0n) is 13.9. The van der Waals surface area contributed by atoms with Crippen molar-refractivity contribution in [2.45, 2.75) is 13.8 Å².